The van der Waals surface area contributed by atoms with Crippen molar-refractivity contribution < 1.29 is 8.78 Å². The van der Waals surface area contributed by atoms with Crippen LogP contribution in [-0.2, 0) is 0 Å². The van der Waals surface area contributed by atoms with E-state index >= 15 is 0 Å². The molecule has 2 rings (SSSR count). The van der Waals surface area contributed by atoms with Crippen molar-refractivity contribution in [3.63, 3.8) is 0 Å². The van der Waals surface area contributed by atoms with E-state index < -0.39 is 5.92 Å². The van der Waals surface area contributed by atoms with Gasteiger partial charge >= 0.3 is 0 Å². The SMILES string of the molecule is CN1CCC(CN2CCN(C)CC(F)(F)C2)CC1. The van der Waals surface area contributed by atoms with Gasteiger partial charge in [-0.3, -0.25) is 9.80 Å². The van der Waals surface area contributed by atoms with Crippen LogP contribution in [0, 0.1) is 5.92 Å². The number of likely N-dealkylation sites (N-methyl/N-ethyl adjacent to an activating group) is 1. The number of hydrogen-bond donors (Lipinski definition) is 0. The highest BCUT2D eigenvalue weighted by atomic mass is 19.3. The zero-order valence-corrected chi connectivity index (χ0v) is 11.5. The molecule has 2 heterocycles. The first kappa shape index (κ1) is 14.2. The molecule has 0 saturated carbocycles. The Kier molecular flexibility index (Phi) is 4.56. The van der Waals surface area contributed by atoms with Crippen LogP contribution in [0.1, 0.15) is 12.8 Å². The first-order chi connectivity index (χ1) is 8.44. The summed E-state index contributed by atoms with van der Waals surface area (Å²) in [6.45, 7) is 4.42. The molecule has 0 bridgehead atoms. The molecular formula is C13H25F2N3. The predicted molar refractivity (Wildman–Crippen MR) is 69.1 cm³/mol. The summed E-state index contributed by atoms with van der Waals surface area (Å²) in [7, 11) is 3.91. The minimum absolute atomic E-state index is 0.0658. The highest BCUT2D eigenvalue weighted by Gasteiger charge is 2.36. The molecule has 5 heteroatoms. The molecule has 0 aromatic carbocycles. The molecule has 0 radical (unpaired) electrons. The van der Waals surface area contributed by atoms with Gasteiger partial charge in [-0.25, -0.2) is 8.78 Å². The lowest BCUT2D eigenvalue weighted by Crippen LogP contribution is -2.42. The molecule has 0 N–H and O–H groups in total. The van der Waals surface area contributed by atoms with E-state index in [2.05, 4.69) is 11.9 Å². The molecular weight excluding hydrogens is 236 g/mol. The molecule has 2 aliphatic rings. The Morgan fingerprint density at radius 3 is 2.28 bits per heavy atom. The van der Waals surface area contributed by atoms with Gasteiger partial charge in [0.2, 0.25) is 0 Å². The fourth-order valence-corrected chi connectivity index (χ4v) is 3.01. The third-order valence-corrected chi connectivity index (χ3v) is 4.11. The monoisotopic (exact) mass is 261 g/mol. The molecule has 0 aromatic heterocycles. The first-order valence-corrected chi connectivity index (χ1v) is 6.92. The van der Waals surface area contributed by atoms with Crippen LogP contribution in [0.2, 0.25) is 0 Å². The number of likely N-dealkylation sites (tertiary alicyclic amines) is 1. The molecule has 18 heavy (non-hydrogen) atoms. The van der Waals surface area contributed by atoms with Crippen LogP contribution in [0.4, 0.5) is 8.78 Å². The first-order valence-electron chi connectivity index (χ1n) is 6.92. The minimum Gasteiger partial charge on any atom is -0.306 e. The van der Waals surface area contributed by atoms with E-state index in [4.69, 9.17) is 0 Å². The Hall–Kier alpha value is -0.260. The molecule has 0 spiro atoms. The van der Waals surface area contributed by atoms with Crippen LogP contribution in [0.25, 0.3) is 0 Å². The Morgan fingerprint density at radius 2 is 1.61 bits per heavy atom. The maximum Gasteiger partial charge on any atom is 0.272 e. The summed E-state index contributed by atoms with van der Waals surface area (Å²) in [6, 6.07) is 0. The van der Waals surface area contributed by atoms with Crippen molar-refractivity contribution in [2.24, 2.45) is 5.92 Å². The van der Waals surface area contributed by atoms with Crippen LogP contribution >= 0.6 is 0 Å². The Labute approximate surface area is 109 Å². The van der Waals surface area contributed by atoms with Crippen LogP contribution in [0.5, 0.6) is 0 Å². The minimum atomic E-state index is -2.56. The molecule has 3 nitrogen and oxygen atoms in total. The zero-order valence-electron chi connectivity index (χ0n) is 11.5. The Balaban J connectivity index is 1.84. The van der Waals surface area contributed by atoms with Gasteiger partial charge in [0.05, 0.1) is 13.1 Å². The highest BCUT2D eigenvalue weighted by molar-refractivity contribution is 4.82. The number of rotatable bonds is 2. The lowest BCUT2D eigenvalue weighted by Gasteiger charge is -2.33. The zero-order chi connectivity index (χ0) is 13.2. The third-order valence-electron chi connectivity index (χ3n) is 4.11. The van der Waals surface area contributed by atoms with E-state index in [1.165, 1.54) is 0 Å². The fraction of sp³-hybridized carbons (Fsp3) is 1.00. The standard InChI is InChI=1S/C13H25F2N3/c1-16-5-3-12(4-6-16)9-18-8-7-17(2)10-13(14,15)11-18/h12H,3-11H2,1-2H3. The number of piperidine rings is 1. The maximum atomic E-state index is 13.7. The summed E-state index contributed by atoms with van der Waals surface area (Å²) in [4.78, 5) is 6.04. The second-order valence-electron chi connectivity index (χ2n) is 6.08. The molecule has 2 saturated heterocycles. The van der Waals surface area contributed by atoms with Crippen molar-refractivity contribution >= 4 is 0 Å². The quantitative estimate of drug-likeness (QED) is 0.740. The maximum absolute atomic E-state index is 13.7. The predicted octanol–water partition coefficient (Wildman–Crippen LogP) is 1.21. The summed E-state index contributed by atoms with van der Waals surface area (Å²) in [6.07, 6.45) is 2.29. The second-order valence-corrected chi connectivity index (χ2v) is 6.08. The molecule has 106 valence electrons. The van der Waals surface area contributed by atoms with Gasteiger partial charge in [0, 0.05) is 19.6 Å². The Morgan fingerprint density at radius 1 is 0.944 bits per heavy atom. The van der Waals surface area contributed by atoms with Crippen LogP contribution in [0.3, 0.4) is 0 Å². The number of nitrogens with zero attached hydrogens (tertiary/aromatic N) is 3. The van der Waals surface area contributed by atoms with Gasteiger partial charge in [0.1, 0.15) is 0 Å². The van der Waals surface area contributed by atoms with Gasteiger partial charge in [0.25, 0.3) is 5.92 Å². The van der Waals surface area contributed by atoms with Crippen molar-refractivity contribution in [3.05, 3.63) is 0 Å². The van der Waals surface area contributed by atoms with Gasteiger partial charge in [0.15, 0.2) is 0 Å². The molecule has 2 fully saturated rings. The van der Waals surface area contributed by atoms with Crippen molar-refractivity contribution in [3.8, 4) is 0 Å². The number of halogens is 2. The highest BCUT2D eigenvalue weighted by Crippen LogP contribution is 2.23. The van der Waals surface area contributed by atoms with Gasteiger partial charge < -0.3 is 4.90 Å². The van der Waals surface area contributed by atoms with Gasteiger partial charge in [-0.1, -0.05) is 0 Å². The van der Waals surface area contributed by atoms with Crippen molar-refractivity contribution in [2.75, 3.05) is 59.9 Å². The molecule has 0 unspecified atom stereocenters. The van der Waals surface area contributed by atoms with Crippen LogP contribution < -0.4 is 0 Å². The van der Waals surface area contributed by atoms with Crippen molar-refractivity contribution in [2.45, 2.75) is 18.8 Å². The number of hydrogen-bond acceptors (Lipinski definition) is 3. The molecule has 0 aliphatic carbocycles. The lowest BCUT2D eigenvalue weighted by atomic mass is 9.96. The summed E-state index contributed by atoms with van der Waals surface area (Å²) in [5.41, 5.74) is 0. The third kappa shape index (κ3) is 4.14. The summed E-state index contributed by atoms with van der Waals surface area (Å²) >= 11 is 0. The lowest BCUT2D eigenvalue weighted by molar-refractivity contribution is -0.0373. The largest absolute Gasteiger partial charge is 0.306 e. The Bertz CT molecular complexity index is 265. The van der Waals surface area contributed by atoms with Crippen molar-refractivity contribution in [1.82, 2.24) is 14.7 Å². The summed E-state index contributed by atoms with van der Waals surface area (Å²) < 4.78 is 27.4. The van der Waals surface area contributed by atoms with Gasteiger partial charge in [-0.2, -0.15) is 0 Å². The van der Waals surface area contributed by atoms with E-state index in [0.717, 1.165) is 45.6 Å². The molecule has 2 aliphatic heterocycles. The summed E-state index contributed by atoms with van der Waals surface area (Å²) in [5, 5.41) is 0. The van der Waals surface area contributed by atoms with E-state index in [1.807, 2.05) is 4.90 Å². The topological polar surface area (TPSA) is 9.72 Å². The van der Waals surface area contributed by atoms with E-state index in [0.29, 0.717) is 5.92 Å². The van der Waals surface area contributed by atoms with E-state index in [1.54, 1.807) is 11.9 Å². The van der Waals surface area contributed by atoms with Gasteiger partial charge in [-0.05, 0) is 45.9 Å². The molecule has 0 atom stereocenters. The second kappa shape index (κ2) is 5.80. The molecule has 0 amide bonds. The van der Waals surface area contributed by atoms with Crippen LogP contribution in [-0.4, -0.2) is 80.5 Å². The van der Waals surface area contributed by atoms with Crippen LogP contribution in [0.15, 0.2) is 0 Å². The van der Waals surface area contributed by atoms with Crippen molar-refractivity contribution in [1.29, 1.82) is 0 Å². The van der Waals surface area contributed by atoms with Gasteiger partial charge in [-0.15, -0.1) is 0 Å². The smallest absolute Gasteiger partial charge is 0.272 e. The number of alkyl halides is 2. The summed E-state index contributed by atoms with van der Waals surface area (Å²) in [5.74, 6) is -1.96. The average molecular weight is 261 g/mol. The molecule has 0 aromatic rings. The normalized spacial score (nSPS) is 29.3. The van der Waals surface area contributed by atoms with E-state index in [-0.39, 0.29) is 13.1 Å². The average Bonchev–Trinajstić information content (AvgIpc) is 2.40. The fourth-order valence-electron chi connectivity index (χ4n) is 3.01. The van der Waals surface area contributed by atoms with E-state index in [9.17, 15) is 8.78 Å².